The van der Waals surface area contributed by atoms with Gasteiger partial charge in [-0.2, -0.15) is 0 Å². The molecule has 0 aliphatic carbocycles. The van der Waals surface area contributed by atoms with Gasteiger partial charge in [-0.05, 0) is 18.6 Å². The SMILES string of the molecule is CCC(C(=O)O)c1nccc(-c2ccccc2Br)n1. The average molecular weight is 321 g/mol. The summed E-state index contributed by atoms with van der Waals surface area (Å²) in [6.45, 7) is 1.81. The minimum atomic E-state index is -0.897. The van der Waals surface area contributed by atoms with E-state index in [-0.39, 0.29) is 0 Å². The standard InChI is InChI=1S/C14H13BrN2O2/c1-2-9(14(18)19)13-16-8-7-12(17-13)10-5-3-4-6-11(10)15/h3-9H,2H2,1H3,(H,18,19). The van der Waals surface area contributed by atoms with Crippen molar-refractivity contribution in [1.82, 2.24) is 9.97 Å². The van der Waals surface area contributed by atoms with Crippen LogP contribution in [0.1, 0.15) is 25.1 Å². The Hall–Kier alpha value is -1.75. The summed E-state index contributed by atoms with van der Waals surface area (Å²) in [4.78, 5) is 19.6. The van der Waals surface area contributed by atoms with Gasteiger partial charge in [-0.3, -0.25) is 4.79 Å². The summed E-state index contributed by atoms with van der Waals surface area (Å²) >= 11 is 3.46. The molecule has 19 heavy (non-hydrogen) atoms. The van der Waals surface area contributed by atoms with Gasteiger partial charge in [0.2, 0.25) is 0 Å². The van der Waals surface area contributed by atoms with Crippen molar-refractivity contribution < 1.29 is 9.90 Å². The van der Waals surface area contributed by atoms with Crippen molar-refractivity contribution in [3.63, 3.8) is 0 Å². The van der Waals surface area contributed by atoms with Crippen LogP contribution >= 0.6 is 15.9 Å². The largest absolute Gasteiger partial charge is 0.481 e. The van der Waals surface area contributed by atoms with E-state index >= 15 is 0 Å². The molecule has 0 amide bonds. The van der Waals surface area contributed by atoms with Gasteiger partial charge in [-0.1, -0.05) is 41.1 Å². The number of rotatable bonds is 4. The summed E-state index contributed by atoms with van der Waals surface area (Å²) in [6, 6.07) is 9.46. The molecule has 4 nitrogen and oxygen atoms in total. The molecule has 2 aromatic rings. The van der Waals surface area contributed by atoms with Gasteiger partial charge in [-0.25, -0.2) is 9.97 Å². The Morgan fingerprint density at radius 3 is 2.74 bits per heavy atom. The lowest BCUT2D eigenvalue weighted by Crippen LogP contribution is -2.14. The average Bonchev–Trinajstić information content (AvgIpc) is 2.40. The molecular weight excluding hydrogens is 308 g/mol. The highest BCUT2D eigenvalue weighted by Gasteiger charge is 2.21. The third-order valence-electron chi connectivity index (χ3n) is 2.84. The fourth-order valence-electron chi connectivity index (χ4n) is 1.83. The first-order chi connectivity index (χ1) is 9.13. The van der Waals surface area contributed by atoms with Crippen LogP contribution in [0.4, 0.5) is 0 Å². The van der Waals surface area contributed by atoms with Crippen molar-refractivity contribution >= 4 is 21.9 Å². The number of nitrogens with zero attached hydrogens (tertiary/aromatic N) is 2. The van der Waals surface area contributed by atoms with Gasteiger partial charge in [0, 0.05) is 16.2 Å². The van der Waals surface area contributed by atoms with E-state index in [4.69, 9.17) is 5.11 Å². The number of hydrogen-bond donors (Lipinski definition) is 1. The van der Waals surface area contributed by atoms with E-state index in [0.717, 1.165) is 15.7 Å². The zero-order valence-corrected chi connectivity index (χ0v) is 12.0. The number of hydrogen-bond acceptors (Lipinski definition) is 3. The van der Waals surface area contributed by atoms with Gasteiger partial charge in [0.15, 0.2) is 0 Å². The van der Waals surface area contributed by atoms with Crippen LogP contribution in [0.5, 0.6) is 0 Å². The lowest BCUT2D eigenvalue weighted by Gasteiger charge is -2.10. The smallest absolute Gasteiger partial charge is 0.314 e. The maximum atomic E-state index is 11.2. The van der Waals surface area contributed by atoms with Crippen LogP contribution in [0.3, 0.4) is 0 Å². The van der Waals surface area contributed by atoms with Gasteiger partial charge >= 0.3 is 5.97 Å². The van der Waals surface area contributed by atoms with Crippen molar-refractivity contribution in [2.24, 2.45) is 0 Å². The van der Waals surface area contributed by atoms with E-state index in [1.807, 2.05) is 31.2 Å². The third-order valence-corrected chi connectivity index (χ3v) is 3.53. The second-order valence-electron chi connectivity index (χ2n) is 4.08. The number of aromatic nitrogens is 2. The van der Waals surface area contributed by atoms with Crippen LogP contribution in [-0.2, 0) is 4.79 Å². The summed E-state index contributed by atoms with van der Waals surface area (Å²) < 4.78 is 0.919. The van der Waals surface area contributed by atoms with Crippen molar-refractivity contribution in [2.45, 2.75) is 19.3 Å². The van der Waals surface area contributed by atoms with E-state index < -0.39 is 11.9 Å². The lowest BCUT2D eigenvalue weighted by atomic mass is 10.1. The molecule has 0 saturated carbocycles. The lowest BCUT2D eigenvalue weighted by molar-refractivity contribution is -0.139. The fourth-order valence-corrected chi connectivity index (χ4v) is 2.32. The van der Waals surface area contributed by atoms with Crippen LogP contribution < -0.4 is 0 Å². The Kier molecular flexibility index (Phi) is 4.27. The van der Waals surface area contributed by atoms with Gasteiger partial charge < -0.3 is 5.11 Å². The van der Waals surface area contributed by atoms with Crippen molar-refractivity contribution in [3.05, 3.63) is 46.8 Å². The Bertz CT molecular complexity index is 602. The summed E-state index contributed by atoms with van der Waals surface area (Å²) in [7, 11) is 0. The van der Waals surface area contributed by atoms with Crippen molar-refractivity contribution in [3.8, 4) is 11.3 Å². The first-order valence-corrected chi connectivity index (χ1v) is 6.73. The number of benzene rings is 1. The Morgan fingerprint density at radius 2 is 2.11 bits per heavy atom. The molecule has 1 aromatic carbocycles. The highest BCUT2D eigenvalue weighted by atomic mass is 79.9. The third kappa shape index (κ3) is 2.98. The maximum Gasteiger partial charge on any atom is 0.314 e. The fraction of sp³-hybridized carbons (Fsp3) is 0.214. The monoisotopic (exact) mass is 320 g/mol. The number of carbonyl (C=O) groups is 1. The first kappa shape index (κ1) is 13.7. The zero-order valence-electron chi connectivity index (χ0n) is 10.4. The van der Waals surface area contributed by atoms with Crippen molar-refractivity contribution in [1.29, 1.82) is 0 Å². The van der Waals surface area contributed by atoms with Crippen LogP contribution in [0.15, 0.2) is 41.0 Å². The minimum absolute atomic E-state index is 0.350. The molecule has 0 aliphatic heterocycles. The predicted octanol–water partition coefficient (Wildman–Crippen LogP) is 3.48. The summed E-state index contributed by atoms with van der Waals surface area (Å²) in [6.07, 6.45) is 2.07. The summed E-state index contributed by atoms with van der Waals surface area (Å²) in [5.41, 5.74) is 1.64. The first-order valence-electron chi connectivity index (χ1n) is 5.94. The molecule has 0 fully saturated rings. The Morgan fingerprint density at radius 1 is 1.37 bits per heavy atom. The highest BCUT2D eigenvalue weighted by Crippen LogP contribution is 2.27. The number of halogens is 1. The van der Waals surface area contributed by atoms with E-state index in [0.29, 0.717) is 12.2 Å². The van der Waals surface area contributed by atoms with Gasteiger partial charge in [-0.15, -0.1) is 0 Å². The molecule has 1 aromatic heterocycles. The molecule has 0 bridgehead atoms. The van der Waals surface area contributed by atoms with Crippen molar-refractivity contribution in [2.75, 3.05) is 0 Å². The molecule has 98 valence electrons. The van der Waals surface area contributed by atoms with E-state index in [1.54, 1.807) is 12.3 Å². The second kappa shape index (κ2) is 5.93. The number of aliphatic carboxylic acids is 1. The maximum absolute atomic E-state index is 11.2. The van der Waals surface area contributed by atoms with Gasteiger partial charge in [0.1, 0.15) is 11.7 Å². The van der Waals surface area contributed by atoms with E-state index in [9.17, 15) is 4.79 Å². The predicted molar refractivity (Wildman–Crippen MR) is 75.8 cm³/mol. The van der Waals surface area contributed by atoms with Gasteiger partial charge in [0.25, 0.3) is 0 Å². The van der Waals surface area contributed by atoms with Gasteiger partial charge in [0.05, 0.1) is 5.69 Å². The number of carboxylic acid groups (broad SMARTS) is 1. The molecule has 1 N–H and O–H groups in total. The molecule has 2 rings (SSSR count). The molecule has 5 heteroatoms. The molecule has 0 saturated heterocycles. The molecule has 0 radical (unpaired) electrons. The van der Waals surface area contributed by atoms with E-state index in [2.05, 4.69) is 25.9 Å². The van der Waals surface area contributed by atoms with Crippen LogP contribution in [0.25, 0.3) is 11.3 Å². The zero-order chi connectivity index (χ0) is 13.8. The van der Waals surface area contributed by atoms with E-state index in [1.165, 1.54) is 0 Å². The molecular formula is C14H13BrN2O2. The quantitative estimate of drug-likeness (QED) is 0.936. The molecule has 0 aliphatic rings. The highest BCUT2D eigenvalue weighted by molar-refractivity contribution is 9.10. The summed E-state index contributed by atoms with van der Waals surface area (Å²) in [5.74, 6) is -1.21. The number of carboxylic acids is 1. The van der Waals surface area contributed by atoms with Crippen LogP contribution in [0, 0.1) is 0 Å². The molecule has 1 heterocycles. The van der Waals surface area contributed by atoms with Crippen LogP contribution in [-0.4, -0.2) is 21.0 Å². The molecule has 1 unspecified atom stereocenters. The Balaban J connectivity index is 2.45. The molecule has 1 atom stereocenters. The topological polar surface area (TPSA) is 63.1 Å². The Labute approximate surface area is 119 Å². The van der Waals surface area contributed by atoms with Crippen LogP contribution in [0.2, 0.25) is 0 Å². The minimum Gasteiger partial charge on any atom is -0.481 e. The normalized spacial score (nSPS) is 12.1. The molecule has 0 spiro atoms. The summed E-state index contributed by atoms with van der Waals surface area (Å²) in [5, 5.41) is 9.15. The second-order valence-corrected chi connectivity index (χ2v) is 4.93.